The summed E-state index contributed by atoms with van der Waals surface area (Å²) in [6.45, 7) is 7.68. The Morgan fingerprint density at radius 2 is 1.90 bits per heavy atom. The predicted octanol–water partition coefficient (Wildman–Crippen LogP) is 2.20. The summed E-state index contributed by atoms with van der Waals surface area (Å²) in [5, 5.41) is 13.1. The molecule has 1 atom stereocenters. The van der Waals surface area contributed by atoms with Gasteiger partial charge in [-0.2, -0.15) is 0 Å². The molecule has 4 nitrogen and oxygen atoms in total. The molecule has 0 radical (unpaired) electrons. The van der Waals surface area contributed by atoms with Gasteiger partial charge in [0.1, 0.15) is 0 Å². The van der Waals surface area contributed by atoms with E-state index in [-0.39, 0.29) is 11.3 Å². The number of hydrogen-bond acceptors (Lipinski definition) is 3. The van der Waals surface area contributed by atoms with Crippen LogP contribution in [0.1, 0.15) is 65.7 Å². The van der Waals surface area contributed by atoms with E-state index in [4.69, 9.17) is 5.73 Å². The van der Waals surface area contributed by atoms with Gasteiger partial charge >= 0.3 is 0 Å². The monoisotopic (exact) mass is 284 g/mol. The maximum absolute atomic E-state index is 11.9. The third-order valence-corrected chi connectivity index (χ3v) is 4.61. The first-order valence-corrected chi connectivity index (χ1v) is 7.96. The zero-order chi connectivity index (χ0) is 15.2. The third kappa shape index (κ3) is 5.80. The number of aliphatic hydroxyl groups is 1. The molecule has 4 heteroatoms. The Hall–Kier alpha value is -0.610. The predicted molar refractivity (Wildman–Crippen MR) is 82.3 cm³/mol. The van der Waals surface area contributed by atoms with Gasteiger partial charge in [-0.05, 0) is 43.6 Å². The van der Waals surface area contributed by atoms with E-state index in [2.05, 4.69) is 26.1 Å². The van der Waals surface area contributed by atoms with Gasteiger partial charge in [-0.3, -0.25) is 4.79 Å². The minimum atomic E-state index is -0.656. The SMILES string of the molecule is CC(C)(C)C(CCN)CCC(=O)NCC1(O)CCCC1. The highest BCUT2D eigenvalue weighted by molar-refractivity contribution is 5.75. The van der Waals surface area contributed by atoms with Crippen LogP contribution in [0.5, 0.6) is 0 Å². The highest BCUT2D eigenvalue weighted by atomic mass is 16.3. The summed E-state index contributed by atoms with van der Waals surface area (Å²) in [6, 6.07) is 0. The molecule has 1 aliphatic carbocycles. The van der Waals surface area contributed by atoms with E-state index in [0.717, 1.165) is 38.5 Å². The van der Waals surface area contributed by atoms with E-state index in [0.29, 0.717) is 25.4 Å². The Morgan fingerprint density at radius 3 is 2.40 bits per heavy atom. The van der Waals surface area contributed by atoms with Crippen molar-refractivity contribution in [3.8, 4) is 0 Å². The topological polar surface area (TPSA) is 75.4 Å². The van der Waals surface area contributed by atoms with Crippen molar-refractivity contribution in [2.75, 3.05) is 13.1 Å². The molecule has 1 fully saturated rings. The van der Waals surface area contributed by atoms with Crippen molar-refractivity contribution in [1.82, 2.24) is 5.32 Å². The molecule has 0 heterocycles. The van der Waals surface area contributed by atoms with Crippen LogP contribution in [0, 0.1) is 11.3 Å². The van der Waals surface area contributed by atoms with Crippen LogP contribution in [0.25, 0.3) is 0 Å². The van der Waals surface area contributed by atoms with Gasteiger partial charge in [-0.1, -0.05) is 33.6 Å². The molecule has 4 N–H and O–H groups in total. The summed E-state index contributed by atoms with van der Waals surface area (Å²) < 4.78 is 0. The van der Waals surface area contributed by atoms with Gasteiger partial charge in [0.25, 0.3) is 0 Å². The number of amides is 1. The molecule has 1 amide bonds. The van der Waals surface area contributed by atoms with Crippen LogP contribution < -0.4 is 11.1 Å². The van der Waals surface area contributed by atoms with Crippen molar-refractivity contribution < 1.29 is 9.90 Å². The molecule has 0 aromatic heterocycles. The second-order valence-corrected chi connectivity index (χ2v) is 7.39. The van der Waals surface area contributed by atoms with E-state index in [9.17, 15) is 9.90 Å². The third-order valence-electron chi connectivity index (χ3n) is 4.61. The molecule has 0 saturated heterocycles. The molecular weight excluding hydrogens is 252 g/mol. The fraction of sp³-hybridized carbons (Fsp3) is 0.938. The first-order valence-electron chi connectivity index (χ1n) is 7.96. The summed E-state index contributed by atoms with van der Waals surface area (Å²) in [4.78, 5) is 11.9. The molecule has 0 aromatic rings. The number of carbonyl (C=O) groups excluding carboxylic acids is 1. The van der Waals surface area contributed by atoms with Crippen molar-refractivity contribution in [1.29, 1.82) is 0 Å². The first-order chi connectivity index (χ1) is 9.27. The van der Waals surface area contributed by atoms with E-state index < -0.39 is 5.60 Å². The van der Waals surface area contributed by atoms with Crippen molar-refractivity contribution >= 4 is 5.91 Å². The maximum atomic E-state index is 11.9. The van der Waals surface area contributed by atoms with Crippen LogP contribution in [0.2, 0.25) is 0 Å². The zero-order valence-corrected chi connectivity index (χ0v) is 13.4. The van der Waals surface area contributed by atoms with E-state index in [1.165, 1.54) is 0 Å². The Balaban J connectivity index is 2.30. The van der Waals surface area contributed by atoms with Crippen LogP contribution >= 0.6 is 0 Å². The highest BCUT2D eigenvalue weighted by Crippen LogP contribution is 2.32. The van der Waals surface area contributed by atoms with Crippen molar-refractivity contribution in [3.63, 3.8) is 0 Å². The van der Waals surface area contributed by atoms with Crippen LogP contribution in [0.3, 0.4) is 0 Å². The van der Waals surface area contributed by atoms with Gasteiger partial charge in [-0.15, -0.1) is 0 Å². The number of carbonyl (C=O) groups is 1. The zero-order valence-electron chi connectivity index (χ0n) is 13.4. The number of nitrogens with one attached hydrogen (secondary N) is 1. The first kappa shape index (κ1) is 17.4. The van der Waals surface area contributed by atoms with Gasteiger partial charge in [0, 0.05) is 13.0 Å². The fourth-order valence-electron chi connectivity index (χ4n) is 3.08. The lowest BCUT2D eigenvalue weighted by Crippen LogP contribution is -2.41. The molecule has 20 heavy (non-hydrogen) atoms. The Morgan fingerprint density at radius 1 is 1.30 bits per heavy atom. The smallest absolute Gasteiger partial charge is 0.220 e. The summed E-state index contributed by atoms with van der Waals surface area (Å²) >= 11 is 0. The van der Waals surface area contributed by atoms with Gasteiger partial charge in [0.2, 0.25) is 5.91 Å². The highest BCUT2D eigenvalue weighted by Gasteiger charge is 2.31. The summed E-state index contributed by atoms with van der Waals surface area (Å²) in [5.41, 5.74) is 5.19. The van der Waals surface area contributed by atoms with E-state index >= 15 is 0 Å². The van der Waals surface area contributed by atoms with Crippen molar-refractivity contribution in [2.45, 2.75) is 71.3 Å². The van der Waals surface area contributed by atoms with Gasteiger partial charge in [0.05, 0.1) is 5.60 Å². The average molecular weight is 284 g/mol. The number of nitrogens with two attached hydrogens (primary N) is 1. The second kappa shape index (κ2) is 7.41. The number of hydrogen-bond donors (Lipinski definition) is 3. The lowest BCUT2D eigenvalue weighted by molar-refractivity contribution is -0.122. The second-order valence-electron chi connectivity index (χ2n) is 7.39. The van der Waals surface area contributed by atoms with Gasteiger partial charge in [-0.25, -0.2) is 0 Å². The molecule has 118 valence electrons. The number of rotatable bonds is 7. The Kier molecular flexibility index (Phi) is 6.46. The Bertz CT molecular complexity index is 304. The van der Waals surface area contributed by atoms with Gasteiger partial charge < -0.3 is 16.2 Å². The van der Waals surface area contributed by atoms with Crippen molar-refractivity contribution in [3.05, 3.63) is 0 Å². The molecule has 1 rings (SSSR count). The molecule has 1 saturated carbocycles. The van der Waals surface area contributed by atoms with Crippen LogP contribution in [0.15, 0.2) is 0 Å². The molecular formula is C16H32N2O2. The largest absolute Gasteiger partial charge is 0.388 e. The minimum Gasteiger partial charge on any atom is -0.388 e. The van der Waals surface area contributed by atoms with Crippen LogP contribution in [-0.4, -0.2) is 29.7 Å². The molecule has 0 aromatic carbocycles. The molecule has 1 aliphatic rings. The van der Waals surface area contributed by atoms with Crippen molar-refractivity contribution in [2.24, 2.45) is 17.1 Å². The average Bonchev–Trinajstić information content (AvgIpc) is 2.78. The summed E-state index contributed by atoms with van der Waals surface area (Å²) in [6.07, 6.45) is 6.10. The summed E-state index contributed by atoms with van der Waals surface area (Å²) in [7, 11) is 0. The lowest BCUT2D eigenvalue weighted by atomic mass is 9.76. The maximum Gasteiger partial charge on any atom is 0.220 e. The van der Waals surface area contributed by atoms with E-state index in [1.54, 1.807) is 0 Å². The molecule has 0 spiro atoms. The van der Waals surface area contributed by atoms with Crippen LogP contribution in [-0.2, 0) is 4.79 Å². The quantitative estimate of drug-likeness (QED) is 0.671. The molecule has 0 bridgehead atoms. The summed E-state index contributed by atoms with van der Waals surface area (Å²) in [5.74, 6) is 0.518. The standard InChI is InChI=1S/C16H32N2O2/c1-15(2,3)13(8-11-17)6-7-14(19)18-12-16(20)9-4-5-10-16/h13,20H,4-12,17H2,1-3H3,(H,18,19). The molecule has 0 aliphatic heterocycles. The van der Waals surface area contributed by atoms with E-state index in [1.807, 2.05) is 0 Å². The fourth-order valence-corrected chi connectivity index (χ4v) is 3.08. The van der Waals surface area contributed by atoms with Crippen LogP contribution in [0.4, 0.5) is 0 Å². The molecule has 1 unspecified atom stereocenters. The minimum absolute atomic E-state index is 0.0524. The Labute approximate surface area is 123 Å². The van der Waals surface area contributed by atoms with Gasteiger partial charge in [0.15, 0.2) is 0 Å². The lowest BCUT2D eigenvalue weighted by Gasteiger charge is -2.30. The normalized spacial score (nSPS) is 19.9.